The van der Waals surface area contributed by atoms with Crippen LogP contribution >= 0.6 is 0 Å². The predicted octanol–water partition coefficient (Wildman–Crippen LogP) is 0.211. The maximum Gasteiger partial charge on any atom is 0.220 e. The molecule has 0 spiro atoms. The molecule has 1 unspecified atom stereocenters. The average Bonchev–Trinajstić information content (AvgIpc) is 2.57. The lowest BCUT2D eigenvalue weighted by molar-refractivity contribution is 0.571. The third kappa shape index (κ3) is 2.15. The summed E-state index contributed by atoms with van der Waals surface area (Å²) in [5, 5.41) is 3.33. The molecular weight excluding hydrogens is 164 g/mol. The lowest BCUT2D eigenvalue weighted by Crippen LogP contribution is -2.11. The zero-order valence-electron chi connectivity index (χ0n) is 7.53. The van der Waals surface area contributed by atoms with E-state index in [-0.39, 0.29) is 0 Å². The Morgan fingerprint density at radius 3 is 3.23 bits per heavy atom. The molecule has 0 amide bonds. The van der Waals surface area contributed by atoms with Gasteiger partial charge in [-0.05, 0) is 37.9 Å². The first-order valence-electron chi connectivity index (χ1n) is 4.63. The summed E-state index contributed by atoms with van der Waals surface area (Å²) in [4.78, 5) is 8.04. The lowest BCUT2D eigenvalue weighted by atomic mass is 10.0. The monoisotopic (exact) mass is 178 g/mol. The van der Waals surface area contributed by atoms with Gasteiger partial charge in [0.15, 0.2) is 0 Å². The molecule has 4 heteroatoms. The van der Waals surface area contributed by atoms with Crippen molar-refractivity contribution in [1.29, 1.82) is 0 Å². The summed E-state index contributed by atoms with van der Waals surface area (Å²) < 4.78 is 0. The van der Waals surface area contributed by atoms with Crippen molar-refractivity contribution in [1.82, 2.24) is 15.3 Å². The van der Waals surface area contributed by atoms with Crippen LogP contribution in [0.25, 0.3) is 0 Å². The second-order valence-electron chi connectivity index (χ2n) is 3.47. The Bertz CT molecular complexity index is 281. The van der Waals surface area contributed by atoms with Crippen molar-refractivity contribution < 1.29 is 0 Å². The van der Waals surface area contributed by atoms with E-state index in [1.807, 2.05) is 6.07 Å². The van der Waals surface area contributed by atoms with Gasteiger partial charge in [-0.3, -0.25) is 0 Å². The molecule has 2 heterocycles. The van der Waals surface area contributed by atoms with Gasteiger partial charge >= 0.3 is 0 Å². The lowest BCUT2D eigenvalue weighted by Gasteiger charge is -2.06. The van der Waals surface area contributed by atoms with E-state index in [1.54, 1.807) is 6.20 Å². The molecule has 0 bridgehead atoms. The number of aromatic nitrogens is 2. The Balaban J connectivity index is 2.00. The highest BCUT2D eigenvalue weighted by Gasteiger charge is 2.15. The molecule has 0 aliphatic carbocycles. The van der Waals surface area contributed by atoms with Crippen LogP contribution in [0.3, 0.4) is 0 Å². The Morgan fingerprint density at radius 1 is 1.62 bits per heavy atom. The van der Waals surface area contributed by atoms with Crippen molar-refractivity contribution in [2.24, 2.45) is 5.92 Å². The van der Waals surface area contributed by atoms with Gasteiger partial charge in [-0.15, -0.1) is 0 Å². The SMILES string of the molecule is Nc1nccc(CC2CCNC2)n1. The number of anilines is 1. The third-order valence-corrected chi connectivity index (χ3v) is 2.39. The van der Waals surface area contributed by atoms with E-state index in [1.165, 1.54) is 6.42 Å². The Labute approximate surface area is 77.6 Å². The van der Waals surface area contributed by atoms with Crippen LogP contribution in [0.5, 0.6) is 0 Å². The van der Waals surface area contributed by atoms with Crippen LogP contribution in [0.2, 0.25) is 0 Å². The van der Waals surface area contributed by atoms with Crippen molar-refractivity contribution in [3.05, 3.63) is 18.0 Å². The average molecular weight is 178 g/mol. The second kappa shape index (κ2) is 3.70. The van der Waals surface area contributed by atoms with Gasteiger partial charge in [0.25, 0.3) is 0 Å². The zero-order valence-corrected chi connectivity index (χ0v) is 7.53. The van der Waals surface area contributed by atoms with Gasteiger partial charge in [-0.2, -0.15) is 0 Å². The number of hydrogen-bond donors (Lipinski definition) is 2. The molecule has 1 aliphatic heterocycles. The van der Waals surface area contributed by atoms with Gasteiger partial charge in [-0.1, -0.05) is 0 Å². The highest BCUT2D eigenvalue weighted by atomic mass is 15.0. The summed E-state index contributed by atoms with van der Waals surface area (Å²) in [6.07, 6.45) is 3.98. The summed E-state index contributed by atoms with van der Waals surface area (Å²) in [5.41, 5.74) is 6.55. The number of rotatable bonds is 2. The number of nitrogen functional groups attached to an aromatic ring is 1. The Hall–Kier alpha value is -1.16. The highest BCUT2D eigenvalue weighted by Crippen LogP contribution is 2.13. The van der Waals surface area contributed by atoms with Gasteiger partial charge in [0.2, 0.25) is 5.95 Å². The number of nitrogens with two attached hydrogens (primary N) is 1. The minimum Gasteiger partial charge on any atom is -0.368 e. The normalized spacial score (nSPS) is 22.0. The van der Waals surface area contributed by atoms with E-state index in [2.05, 4.69) is 15.3 Å². The van der Waals surface area contributed by atoms with E-state index in [9.17, 15) is 0 Å². The summed E-state index contributed by atoms with van der Waals surface area (Å²) >= 11 is 0. The summed E-state index contributed by atoms with van der Waals surface area (Å²) in [5.74, 6) is 1.10. The highest BCUT2D eigenvalue weighted by molar-refractivity contribution is 5.17. The first-order chi connectivity index (χ1) is 6.34. The number of nitrogens with one attached hydrogen (secondary N) is 1. The molecule has 1 aromatic heterocycles. The van der Waals surface area contributed by atoms with Gasteiger partial charge < -0.3 is 11.1 Å². The molecule has 2 rings (SSSR count). The Kier molecular flexibility index (Phi) is 2.40. The van der Waals surface area contributed by atoms with Gasteiger partial charge in [0.05, 0.1) is 0 Å². The molecule has 4 nitrogen and oxygen atoms in total. The zero-order chi connectivity index (χ0) is 9.10. The molecule has 0 radical (unpaired) electrons. The number of nitrogens with zero attached hydrogens (tertiary/aromatic N) is 2. The maximum atomic E-state index is 5.50. The second-order valence-corrected chi connectivity index (χ2v) is 3.47. The quantitative estimate of drug-likeness (QED) is 0.679. The molecule has 0 aromatic carbocycles. The topological polar surface area (TPSA) is 63.8 Å². The smallest absolute Gasteiger partial charge is 0.220 e. The van der Waals surface area contributed by atoms with Gasteiger partial charge in [-0.25, -0.2) is 9.97 Å². The van der Waals surface area contributed by atoms with Crippen molar-refractivity contribution in [3.8, 4) is 0 Å². The van der Waals surface area contributed by atoms with Gasteiger partial charge in [0, 0.05) is 11.9 Å². The Morgan fingerprint density at radius 2 is 2.54 bits per heavy atom. The van der Waals surface area contributed by atoms with Crippen molar-refractivity contribution in [2.45, 2.75) is 12.8 Å². The van der Waals surface area contributed by atoms with E-state index in [0.29, 0.717) is 11.9 Å². The van der Waals surface area contributed by atoms with E-state index >= 15 is 0 Å². The van der Waals surface area contributed by atoms with Crippen molar-refractivity contribution >= 4 is 5.95 Å². The molecule has 1 saturated heterocycles. The van der Waals surface area contributed by atoms with Crippen LogP contribution in [-0.2, 0) is 6.42 Å². The van der Waals surface area contributed by atoms with Crippen LogP contribution in [0.15, 0.2) is 12.3 Å². The van der Waals surface area contributed by atoms with Crippen molar-refractivity contribution in [2.75, 3.05) is 18.8 Å². The fourth-order valence-electron chi connectivity index (χ4n) is 1.71. The minimum absolute atomic E-state index is 0.378. The first-order valence-corrected chi connectivity index (χ1v) is 4.63. The molecule has 1 fully saturated rings. The predicted molar refractivity (Wildman–Crippen MR) is 51.1 cm³/mol. The molecule has 1 aliphatic rings. The van der Waals surface area contributed by atoms with Crippen LogP contribution in [0.1, 0.15) is 12.1 Å². The largest absolute Gasteiger partial charge is 0.368 e. The van der Waals surface area contributed by atoms with Crippen LogP contribution in [-0.4, -0.2) is 23.1 Å². The molecule has 1 aromatic rings. The standard InChI is InChI=1S/C9H14N4/c10-9-12-4-2-8(13-9)5-7-1-3-11-6-7/h2,4,7,11H,1,3,5-6H2,(H2,10,12,13). The van der Waals surface area contributed by atoms with Crippen molar-refractivity contribution in [3.63, 3.8) is 0 Å². The van der Waals surface area contributed by atoms with Gasteiger partial charge in [0.1, 0.15) is 0 Å². The fourth-order valence-corrected chi connectivity index (χ4v) is 1.71. The molecule has 0 saturated carbocycles. The fraction of sp³-hybridized carbons (Fsp3) is 0.556. The molecular formula is C9H14N4. The molecule has 70 valence electrons. The van der Waals surface area contributed by atoms with Crippen LogP contribution in [0, 0.1) is 5.92 Å². The van der Waals surface area contributed by atoms with E-state index in [0.717, 1.165) is 25.2 Å². The summed E-state index contributed by atoms with van der Waals surface area (Å²) in [6.45, 7) is 2.23. The van der Waals surface area contributed by atoms with E-state index in [4.69, 9.17) is 5.73 Å². The summed E-state index contributed by atoms with van der Waals surface area (Å²) in [7, 11) is 0. The molecule has 1 atom stereocenters. The first kappa shape index (κ1) is 8.44. The summed E-state index contributed by atoms with van der Waals surface area (Å²) in [6, 6.07) is 1.94. The van der Waals surface area contributed by atoms with Crippen LogP contribution < -0.4 is 11.1 Å². The molecule has 13 heavy (non-hydrogen) atoms. The third-order valence-electron chi connectivity index (χ3n) is 2.39. The minimum atomic E-state index is 0.378. The van der Waals surface area contributed by atoms with Crippen LogP contribution in [0.4, 0.5) is 5.95 Å². The number of hydrogen-bond acceptors (Lipinski definition) is 4. The maximum absolute atomic E-state index is 5.50. The van der Waals surface area contributed by atoms with E-state index < -0.39 is 0 Å². The molecule has 3 N–H and O–H groups in total.